The molecule has 0 fully saturated rings. The van der Waals surface area contributed by atoms with E-state index in [4.69, 9.17) is 0 Å². The molecule has 0 spiro atoms. The Morgan fingerprint density at radius 1 is 1.41 bits per heavy atom. The highest BCUT2D eigenvalue weighted by atomic mass is 127. The maximum absolute atomic E-state index is 11.4. The predicted octanol–water partition coefficient (Wildman–Crippen LogP) is 3.51. The zero-order chi connectivity index (χ0) is 12.4. The van der Waals surface area contributed by atoms with Crippen LogP contribution >= 0.6 is 33.9 Å². The summed E-state index contributed by atoms with van der Waals surface area (Å²) in [6.45, 7) is 0. The van der Waals surface area contributed by atoms with E-state index in [1.54, 1.807) is 6.07 Å². The molecule has 2 rings (SSSR count). The van der Waals surface area contributed by atoms with Gasteiger partial charge in [0, 0.05) is 8.45 Å². The molecule has 88 valence electrons. The third-order valence-corrected chi connectivity index (χ3v) is 4.02. The lowest BCUT2D eigenvalue weighted by Crippen LogP contribution is -1.97. The number of benzene rings is 1. The van der Waals surface area contributed by atoms with E-state index in [2.05, 4.69) is 27.3 Å². The zero-order valence-corrected chi connectivity index (χ0v) is 11.9. The normalized spacial score (nSPS) is 10.2. The van der Waals surface area contributed by atoms with Crippen molar-refractivity contribution in [3.05, 3.63) is 38.8 Å². The number of carbonyl (C=O) groups excluding carboxylic acids is 1. The molecule has 0 radical (unpaired) electrons. The highest BCUT2D eigenvalue weighted by Crippen LogP contribution is 2.36. The number of ether oxygens (including phenoxy) is 1. The maximum atomic E-state index is 11.4. The zero-order valence-electron chi connectivity index (χ0n) is 8.94. The number of carbonyl (C=O) groups is 1. The lowest BCUT2D eigenvalue weighted by atomic mass is 10.2. The molecule has 0 aliphatic heterocycles. The Morgan fingerprint density at radius 3 is 2.82 bits per heavy atom. The van der Waals surface area contributed by atoms with Gasteiger partial charge in [-0.15, -0.1) is 11.3 Å². The molecule has 1 aromatic carbocycles. The average molecular weight is 360 g/mol. The van der Waals surface area contributed by atoms with Crippen molar-refractivity contribution >= 4 is 39.9 Å². The van der Waals surface area contributed by atoms with Crippen LogP contribution in [0.2, 0.25) is 0 Å². The molecule has 5 heteroatoms. The second-order valence-corrected chi connectivity index (χ2v) is 5.62. The molecule has 0 atom stereocenters. The number of aromatic hydroxyl groups is 1. The van der Waals surface area contributed by atoms with Gasteiger partial charge < -0.3 is 9.84 Å². The summed E-state index contributed by atoms with van der Waals surface area (Å²) < 4.78 is 5.70. The summed E-state index contributed by atoms with van der Waals surface area (Å²) in [6, 6.07) is 9.44. The van der Waals surface area contributed by atoms with Gasteiger partial charge in [-0.1, -0.05) is 12.1 Å². The summed E-state index contributed by atoms with van der Waals surface area (Å²) in [5, 5.41) is 9.67. The molecule has 2 aromatic rings. The van der Waals surface area contributed by atoms with E-state index < -0.39 is 5.97 Å². The third-order valence-electron chi connectivity index (χ3n) is 2.19. The summed E-state index contributed by atoms with van der Waals surface area (Å²) in [7, 11) is 1.30. The summed E-state index contributed by atoms with van der Waals surface area (Å²) in [5.74, 6) is -0.542. The standard InChI is InChI=1S/C12H9IO3S/c1-16-12(15)11-9(14)6-10(17-11)7-3-2-4-8(13)5-7/h2-6,14H,1H3. The molecule has 17 heavy (non-hydrogen) atoms. The van der Waals surface area contributed by atoms with Gasteiger partial charge in [-0.2, -0.15) is 0 Å². The molecule has 0 saturated carbocycles. The second kappa shape index (κ2) is 5.05. The van der Waals surface area contributed by atoms with Gasteiger partial charge in [-0.3, -0.25) is 0 Å². The quantitative estimate of drug-likeness (QED) is 0.659. The first kappa shape index (κ1) is 12.4. The molecule has 1 heterocycles. The van der Waals surface area contributed by atoms with Crippen LogP contribution in [0, 0.1) is 3.57 Å². The van der Waals surface area contributed by atoms with Crippen LogP contribution in [-0.4, -0.2) is 18.2 Å². The molecule has 1 N–H and O–H groups in total. The highest BCUT2D eigenvalue weighted by Gasteiger charge is 2.17. The van der Waals surface area contributed by atoms with Crippen LogP contribution in [0.25, 0.3) is 10.4 Å². The molecule has 0 aliphatic rings. The number of rotatable bonds is 2. The number of thiophene rings is 1. The van der Waals surface area contributed by atoms with Crippen LogP contribution in [0.5, 0.6) is 5.75 Å². The van der Waals surface area contributed by atoms with Crippen LogP contribution in [-0.2, 0) is 4.74 Å². The fraction of sp³-hybridized carbons (Fsp3) is 0.0833. The van der Waals surface area contributed by atoms with Crippen molar-refractivity contribution in [3.8, 4) is 16.2 Å². The van der Waals surface area contributed by atoms with Crippen molar-refractivity contribution in [1.82, 2.24) is 0 Å². The van der Waals surface area contributed by atoms with Gasteiger partial charge >= 0.3 is 5.97 Å². The number of hydrogen-bond acceptors (Lipinski definition) is 4. The molecule has 0 aliphatic carbocycles. The van der Waals surface area contributed by atoms with E-state index in [1.807, 2.05) is 24.3 Å². The Bertz CT molecular complexity index is 563. The van der Waals surface area contributed by atoms with E-state index in [-0.39, 0.29) is 10.6 Å². The topological polar surface area (TPSA) is 46.5 Å². The van der Waals surface area contributed by atoms with Gasteiger partial charge in [-0.25, -0.2) is 4.79 Å². The average Bonchev–Trinajstić information content (AvgIpc) is 2.70. The van der Waals surface area contributed by atoms with E-state index >= 15 is 0 Å². The number of hydrogen-bond donors (Lipinski definition) is 1. The van der Waals surface area contributed by atoms with Crippen molar-refractivity contribution < 1.29 is 14.6 Å². The maximum Gasteiger partial charge on any atom is 0.351 e. The first-order valence-electron chi connectivity index (χ1n) is 4.79. The number of halogens is 1. The Balaban J connectivity index is 2.44. The predicted molar refractivity (Wildman–Crippen MR) is 75.5 cm³/mol. The summed E-state index contributed by atoms with van der Waals surface area (Å²) in [6.07, 6.45) is 0. The van der Waals surface area contributed by atoms with Crippen LogP contribution in [0.4, 0.5) is 0 Å². The molecular weight excluding hydrogens is 351 g/mol. The molecule has 3 nitrogen and oxygen atoms in total. The number of esters is 1. The van der Waals surface area contributed by atoms with E-state index in [0.29, 0.717) is 0 Å². The van der Waals surface area contributed by atoms with Crippen molar-refractivity contribution in [2.24, 2.45) is 0 Å². The first-order chi connectivity index (χ1) is 8.11. The first-order valence-corrected chi connectivity index (χ1v) is 6.68. The van der Waals surface area contributed by atoms with E-state index in [0.717, 1.165) is 14.0 Å². The second-order valence-electron chi connectivity index (χ2n) is 3.33. The minimum atomic E-state index is -0.510. The van der Waals surface area contributed by atoms with Crippen molar-refractivity contribution in [1.29, 1.82) is 0 Å². The lowest BCUT2D eigenvalue weighted by Gasteiger charge is -1.97. The van der Waals surface area contributed by atoms with Crippen molar-refractivity contribution in [3.63, 3.8) is 0 Å². The largest absolute Gasteiger partial charge is 0.506 e. The minimum absolute atomic E-state index is 0.0317. The summed E-state index contributed by atoms with van der Waals surface area (Å²) in [5.41, 5.74) is 0.979. The Morgan fingerprint density at radius 2 is 2.18 bits per heavy atom. The lowest BCUT2D eigenvalue weighted by molar-refractivity contribution is 0.0603. The third kappa shape index (κ3) is 2.61. The van der Waals surface area contributed by atoms with Crippen LogP contribution in [0.1, 0.15) is 9.67 Å². The van der Waals surface area contributed by atoms with E-state index in [1.165, 1.54) is 18.4 Å². The SMILES string of the molecule is COC(=O)c1sc(-c2cccc(I)c2)cc1O. The fourth-order valence-electron chi connectivity index (χ4n) is 1.40. The number of methoxy groups -OCH3 is 1. The molecule has 0 unspecified atom stereocenters. The van der Waals surface area contributed by atoms with Gasteiger partial charge in [0.15, 0.2) is 4.88 Å². The van der Waals surface area contributed by atoms with Crippen molar-refractivity contribution in [2.45, 2.75) is 0 Å². The smallest absolute Gasteiger partial charge is 0.351 e. The molecular formula is C12H9IO3S. The van der Waals surface area contributed by atoms with E-state index in [9.17, 15) is 9.90 Å². The van der Waals surface area contributed by atoms with Gasteiger partial charge in [0.2, 0.25) is 0 Å². The minimum Gasteiger partial charge on any atom is -0.506 e. The van der Waals surface area contributed by atoms with Crippen LogP contribution in [0.15, 0.2) is 30.3 Å². The van der Waals surface area contributed by atoms with Crippen molar-refractivity contribution in [2.75, 3.05) is 7.11 Å². The van der Waals surface area contributed by atoms with Crippen LogP contribution in [0.3, 0.4) is 0 Å². The Hall–Kier alpha value is -1.08. The fourth-order valence-corrected chi connectivity index (χ4v) is 2.91. The van der Waals surface area contributed by atoms with Gasteiger partial charge in [-0.05, 0) is 46.4 Å². The van der Waals surface area contributed by atoms with Gasteiger partial charge in [0.05, 0.1) is 7.11 Å². The highest BCUT2D eigenvalue weighted by molar-refractivity contribution is 14.1. The van der Waals surface area contributed by atoms with Gasteiger partial charge in [0.1, 0.15) is 5.75 Å². The van der Waals surface area contributed by atoms with Crippen LogP contribution < -0.4 is 0 Å². The Labute approximate surface area is 116 Å². The summed E-state index contributed by atoms with van der Waals surface area (Å²) in [4.78, 5) is 12.5. The van der Waals surface area contributed by atoms with Gasteiger partial charge in [0.25, 0.3) is 0 Å². The molecule has 0 bridgehead atoms. The molecule has 0 amide bonds. The monoisotopic (exact) mass is 360 g/mol. The summed E-state index contributed by atoms with van der Waals surface area (Å²) >= 11 is 3.45. The molecule has 0 saturated heterocycles. The molecule has 1 aromatic heterocycles. The Kier molecular flexibility index (Phi) is 3.68.